The van der Waals surface area contributed by atoms with Crippen LogP contribution >= 0.6 is 0 Å². The summed E-state index contributed by atoms with van der Waals surface area (Å²) in [6.07, 6.45) is 9.34. The minimum atomic E-state index is -0.678. The highest BCUT2D eigenvalue weighted by molar-refractivity contribution is 6.38. The number of anilines is 1. The topological polar surface area (TPSA) is 161 Å². The summed E-state index contributed by atoms with van der Waals surface area (Å²) in [6.45, 7) is 0. The summed E-state index contributed by atoms with van der Waals surface area (Å²) in [7, 11) is 1.28. The lowest BCUT2D eigenvalue weighted by Gasteiger charge is -2.39. The highest BCUT2D eigenvalue weighted by Crippen LogP contribution is 2.50. The van der Waals surface area contributed by atoms with Crippen LogP contribution in [0.15, 0.2) is 41.7 Å². The van der Waals surface area contributed by atoms with E-state index in [4.69, 9.17) is 26.6 Å². The number of fused-ring (bicyclic) bond motifs is 3. The summed E-state index contributed by atoms with van der Waals surface area (Å²) < 4.78 is 35.5. The van der Waals surface area contributed by atoms with Gasteiger partial charge in [0, 0.05) is 52.5 Å². The lowest BCUT2D eigenvalue weighted by molar-refractivity contribution is -0.128. The van der Waals surface area contributed by atoms with Gasteiger partial charge in [0.05, 0.1) is 24.7 Å². The number of amides is 1. The molecule has 0 spiro atoms. The first-order valence-electron chi connectivity index (χ1n) is 14.6. The molecule has 0 radical (unpaired) electrons. The second kappa shape index (κ2) is 10.6. The number of rotatable bonds is 6. The highest BCUT2D eigenvalue weighted by Gasteiger charge is 2.46. The van der Waals surface area contributed by atoms with Crippen molar-refractivity contribution in [1.29, 1.82) is 5.41 Å². The lowest BCUT2D eigenvalue weighted by Crippen LogP contribution is -2.50. The van der Waals surface area contributed by atoms with Gasteiger partial charge in [-0.25, -0.2) is 18.8 Å². The van der Waals surface area contributed by atoms with Crippen LogP contribution in [0.25, 0.3) is 28.0 Å². The molecule has 2 saturated heterocycles. The van der Waals surface area contributed by atoms with Crippen molar-refractivity contribution in [3.63, 3.8) is 0 Å². The van der Waals surface area contributed by atoms with Gasteiger partial charge in [-0.15, -0.1) is 0 Å². The zero-order valence-electron chi connectivity index (χ0n) is 24.0. The molecule has 1 saturated carbocycles. The minimum Gasteiger partial charge on any atom is -0.494 e. The maximum absolute atomic E-state index is 14.7. The summed E-state index contributed by atoms with van der Waals surface area (Å²) in [5.74, 6) is -1.00. The van der Waals surface area contributed by atoms with Gasteiger partial charge in [0.1, 0.15) is 18.0 Å². The Labute approximate surface area is 251 Å². The van der Waals surface area contributed by atoms with Crippen molar-refractivity contribution in [3.8, 4) is 28.1 Å². The molecule has 13 heteroatoms. The van der Waals surface area contributed by atoms with Gasteiger partial charge in [0.25, 0.3) is 5.91 Å². The molecule has 5 N–H and O–H groups in total. The fourth-order valence-corrected chi connectivity index (χ4v) is 6.93. The Kier molecular flexibility index (Phi) is 6.74. The SMILES string of the molecule is COc1cc(F)c(-c2ccc(-c3cnn4c(N)c(C5CC5)c(C5CC6CCC(C5)N6C(=O)C(N)=NC=N)nc34)cn2)cc1F. The first-order chi connectivity index (χ1) is 21.3. The first kappa shape index (κ1) is 27.9. The van der Waals surface area contributed by atoms with Gasteiger partial charge in [-0.05, 0) is 56.6 Å². The molecule has 2 atom stereocenters. The Hall–Kier alpha value is -4.94. The van der Waals surface area contributed by atoms with Crippen molar-refractivity contribution < 1.29 is 18.3 Å². The summed E-state index contributed by atoms with van der Waals surface area (Å²) in [4.78, 5) is 28.2. The fraction of sp³-hybridized carbons (Fsp3) is 0.355. The predicted octanol–water partition coefficient (Wildman–Crippen LogP) is 4.41. The van der Waals surface area contributed by atoms with E-state index in [-0.39, 0.29) is 46.8 Å². The van der Waals surface area contributed by atoms with E-state index < -0.39 is 11.6 Å². The number of pyridine rings is 1. The summed E-state index contributed by atoms with van der Waals surface area (Å²) >= 11 is 0. The van der Waals surface area contributed by atoms with Crippen LogP contribution < -0.4 is 16.2 Å². The van der Waals surface area contributed by atoms with Gasteiger partial charge >= 0.3 is 0 Å². The second-order valence-electron chi connectivity index (χ2n) is 11.7. The van der Waals surface area contributed by atoms with E-state index in [1.54, 1.807) is 29.0 Å². The number of hydrogen-bond acceptors (Lipinski definition) is 7. The first-order valence-corrected chi connectivity index (χ1v) is 14.6. The summed E-state index contributed by atoms with van der Waals surface area (Å²) in [6, 6.07) is 5.48. The minimum absolute atomic E-state index is 0.00125. The summed E-state index contributed by atoms with van der Waals surface area (Å²) in [5, 5.41) is 11.7. The maximum Gasteiger partial charge on any atom is 0.289 e. The Balaban J connectivity index is 1.24. The number of halogens is 2. The van der Waals surface area contributed by atoms with E-state index in [9.17, 15) is 13.6 Å². The zero-order valence-corrected chi connectivity index (χ0v) is 24.0. The van der Waals surface area contributed by atoms with Crippen LogP contribution in [0.5, 0.6) is 5.75 Å². The predicted molar refractivity (Wildman–Crippen MR) is 161 cm³/mol. The van der Waals surface area contributed by atoms with Gasteiger partial charge in [-0.2, -0.15) is 9.61 Å². The van der Waals surface area contributed by atoms with Crippen molar-refractivity contribution in [2.45, 2.75) is 62.4 Å². The van der Waals surface area contributed by atoms with E-state index in [1.165, 1.54) is 7.11 Å². The molecule has 5 heterocycles. The highest BCUT2D eigenvalue weighted by atomic mass is 19.1. The molecule has 1 amide bonds. The normalized spacial score (nSPS) is 21.6. The molecule has 2 unspecified atom stereocenters. The Morgan fingerprint density at radius 3 is 2.45 bits per heavy atom. The number of aliphatic imine (C=N–C) groups is 1. The lowest BCUT2D eigenvalue weighted by atomic mass is 9.85. The molecule has 4 aromatic rings. The van der Waals surface area contributed by atoms with Crippen molar-refractivity contribution in [2.24, 2.45) is 10.7 Å². The number of amidine groups is 1. The Bertz CT molecular complexity index is 1820. The van der Waals surface area contributed by atoms with Crippen LogP contribution in [-0.2, 0) is 4.79 Å². The molecule has 2 bridgehead atoms. The number of carbonyl (C=O) groups excluding carboxylic acids is 1. The Morgan fingerprint density at radius 1 is 1.07 bits per heavy atom. The molecule has 1 aromatic carbocycles. The molecule has 3 aliphatic rings. The van der Waals surface area contributed by atoms with E-state index in [2.05, 4.69) is 15.1 Å². The van der Waals surface area contributed by atoms with Crippen LogP contribution in [-0.4, -0.2) is 61.8 Å². The monoisotopic (exact) mass is 599 g/mol. The van der Waals surface area contributed by atoms with Gasteiger partial charge < -0.3 is 21.1 Å². The maximum atomic E-state index is 14.7. The van der Waals surface area contributed by atoms with Crippen molar-refractivity contribution in [1.82, 2.24) is 24.5 Å². The standard InChI is InChI=1S/C31H31F2N9O2/c1-44-25-11-22(32)20(10-23(25)33)24-7-4-16(12-37-24)21-13-39-42-29(36)26(15-2-3-15)27(40-30(21)42)17-8-18-5-6-19(9-17)41(18)31(43)28(35)38-14-34/h4,7,10-15,17-19H,2-3,5-6,8-9,36H2,1H3,(H3,34,35,38). The van der Waals surface area contributed by atoms with E-state index in [1.807, 2.05) is 4.90 Å². The number of methoxy groups -OCH3 is 1. The number of benzene rings is 1. The molecule has 11 nitrogen and oxygen atoms in total. The van der Waals surface area contributed by atoms with Crippen molar-refractivity contribution >= 4 is 29.5 Å². The number of nitrogens with one attached hydrogen (secondary N) is 1. The van der Waals surface area contributed by atoms with Crippen LogP contribution in [0.1, 0.15) is 61.6 Å². The number of carbonyl (C=O) groups is 1. The third-order valence-electron chi connectivity index (χ3n) is 9.10. The number of ether oxygens (including phenoxy) is 1. The third-order valence-corrected chi connectivity index (χ3v) is 9.10. The smallest absolute Gasteiger partial charge is 0.289 e. The average Bonchev–Trinajstić information content (AvgIpc) is 3.71. The zero-order chi connectivity index (χ0) is 30.7. The molecule has 1 aliphatic carbocycles. The molecule has 2 aliphatic heterocycles. The van der Waals surface area contributed by atoms with Gasteiger partial charge in [-0.1, -0.05) is 6.07 Å². The molecular formula is C31H31F2N9O2. The van der Waals surface area contributed by atoms with Crippen LogP contribution in [0.3, 0.4) is 0 Å². The van der Waals surface area contributed by atoms with Crippen molar-refractivity contribution in [2.75, 3.05) is 12.8 Å². The number of piperidine rings is 1. The fourth-order valence-electron chi connectivity index (χ4n) is 6.93. The van der Waals surface area contributed by atoms with Crippen molar-refractivity contribution in [3.05, 3.63) is 59.6 Å². The van der Waals surface area contributed by atoms with Gasteiger partial charge in [0.15, 0.2) is 23.0 Å². The van der Waals surface area contributed by atoms with Crippen LogP contribution in [0.4, 0.5) is 14.6 Å². The molecule has 3 aromatic heterocycles. The number of aromatic nitrogens is 4. The quantitative estimate of drug-likeness (QED) is 0.219. The number of nitrogen functional groups attached to an aromatic ring is 1. The largest absolute Gasteiger partial charge is 0.494 e. The Morgan fingerprint density at radius 2 is 1.82 bits per heavy atom. The molecule has 7 rings (SSSR count). The van der Waals surface area contributed by atoms with Gasteiger partial charge in [0.2, 0.25) is 0 Å². The second-order valence-corrected chi connectivity index (χ2v) is 11.7. The van der Waals surface area contributed by atoms with Gasteiger partial charge in [-0.3, -0.25) is 15.2 Å². The summed E-state index contributed by atoms with van der Waals surface area (Å²) in [5.41, 5.74) is 16.9. The number of nitrogens with zero attached hydrogens (tertiary/aromatic N) is 6. The molecular weight excluding hydrogens is 568 g/mol. The number of nitrogens with two attached hydrogens (primary N) is 2. The third kappa shape index (κ3) is 4.54. The van der Waals surface area contributed by atoms with Crippen LogP contribution in [0.2, 0.25) is 0 Å². The molecule has 44 heavy (non-hydrogen) atoms. The van der Waals surface area contributed by atoms with E-state index in [0.29, 0.717) is 28.5 Å². The van der Waals surface area contributed by atoms with E-state index >= 15 is 0 Å². The average molecular weight is 600 g/mol. The molecule has 3 fully saturated rings. The van der Waals surface area contributed by atoms with Crippen LogP contribution in [0, 0.1) is 17.0 Å². The van der Waals surface area contributed by atoms with E-state index in [0.717, 1.165) is 68.3 Å². The number of hydrogen-bond donors (Lipinski definition) is 3. The molecule has 226 valence electrons.